The first-order valence-corrected chi connectivity index (χ1v) is 4.62. The maximum absolute atomic E-state index is 11.1. The van der Waals surface area contributed by atoms with Gasteiger partial charge in [-0.3, -0.25) is 10.1 Å². The van der Waals surface area contributed by atoms with Crippen LogP contribution in [0.15, 0.2) is 29.3 Å². The quantitative estimate of drug-likeness (QED) is 0.427. The summed E-state index contributed by atoms with van der Waals surface area (Å²) in [5.41, 5.74) is 0.546. The molecule has 1 aromatic rings. The molecule has 2 rings (SSSR count). The van der Waals surface area contributed by atoms with E-state index in [0.29, 0.717) is 5.56 Å². The zero-order valence-corrected chi connectivity index (χ0v) is 8.41. The number of nitro groups is 1. The first-order chi connectivity index (χ1) is 7.58. The van der Waals surface area contributed by atoms with Crippen molar-refractivity contribution in [2.45, 2.75) is 13.0 Å². The number of nitro benzene ring substituents is 1. The number of rotatable bonds is 2. The zero-order valence-electron chi connectivity index (χ0n) is 8.41. The molecular weight excluding hydrogens is 212 g/mol. The molecule has 0 aliphatic carbocycles. The van der Waals surface area contributed by atoms with E-state index in [1.165, 1.54) is 24.3 Å². The molecular formula is C10H8N2O4. The molecule has 6 heteroatoms. The fraction of sp³-hybridized carbons (Fsp3) is 0.200. The number of esters is 1. The van der Waals surface area contributed by atoms with Crippen molar-refractivity contribution in [2.75, 3.05) is 0 Å². The molecule has 1 aliphatic rings. The standard InChI is InChI=1S/C10H8N2O4/c1-6-10(13)16-9(11-6)7-2-4-8(5-3-7)12(14)15/h2-6H,1H3. The Morgan fingerprint density at radius 3 is 2.44 bits per heavy atom. The Bertz CT molecular complexity index is 478. The van der Waals surface area contributed by atoms with Crippen molar-refractivity contribution in [2.24, 2.45) is 4.99 Å². The van der Waals surface area contributed by atoms with Gasteiger partial charge in [0.2, 0.25) is 5.90 Å². The van der Waals surface area contributed by atoms with Gasteiger partial charge in [-0.2, -0.15) is 0 Å². The van der Waals surface area contributed by atoms with Crippen LogP contribution in [0.2, 0.25) is 0 Å². The summed E-state index contributed by atoms with van der Waals surface area (Å²) in [5, 5.41) is 10.4. The predicted octanol–water partition coefficient (Wildman–Crippen LogP) is 1.29. The minimum atomic E-state index is -0.509. The summed E-state index contributed by atoms with van der Waals surface area (Å²) in [4.78, 5) is 25.0. The number of cyclic esters (lactones) is 1. The number of aliphatic imine (C=N–C) groups is 1. The van der Waals surface area contributed by atoms with E-state index >= 15 is 0 Å². The monoisotopic (exact) mass is 220 g/mol. The summed E-state index contributed by atoms with van der Waals surface area (Å²) in [6.07, 6.45) is 0. The number of hydrogen-bond donors (Lipinski definition) is 0. The molecule has 0 bridgehead atoms. The Morgan fingerprint density at radius 1 is 1.38 bits per heavy atom. The van der Waals surface area contributed by atoms with Gasteiger partial charge in [0, 0.05) is 17.7 Å². The Labute approximate surface area is 90.7 Å². The summed E-state index contributed by atoms with van der Waals surface area (Å²) in [6, 6.07) is 5.18. The highest BCUT2D eigenvalue weighted by Gasteiger charge is 2.25. The third-order valence-electron chi connectivity index (χ3n) is 2.17. The summed E-state index contributed by atoms with van der Waals surface area (Å²) in [6.45, 7) is 1.63. The van der Waals surface area contributed by atoms with E-state index in [4.69, 9.17) is 4.74 Å². The first kappa shape index (κ1) is 10.3. The van der Waals surface area contributed by atoms with Crippen molar-refractivity contribution in [1.29, 1.82) is 0 Å². The minimum Gasteiger partial charge on any atom is -0.406 e. The smallest absolute Gasteiger partial charge is 0.337 e. The first-order valence-electron chi connectivity index (χ1n) is 4.62. The number of hydrogen-bond acceptors (Lipinski definition) is 5. The zero-order chi connectivity index (χ0) is 11.7. The molecule has 0 spiro atoms. The molecule has 1 aliphatic heterocycles. The van der Waals surface area contributed by atoms with Gasteiger partial charge in [0.1, 0.15) is 6.04 Å². The van der Waals surface area contributed by atoms with E-state index in [-0.39, 0.29) is 11.6 Å². The van der Waals surface area contributed by atoms with E-state index in [1.807, 2.05) is 0 Å². The maximum Gasteiger partial charge on any atom is 0.337 e. The van der Waals surface area contributed by atoms with Gasteiger partial charge in [-0.05, 0) is 19.1 Å². The molecule has 0 saturated heterocycles. The number of benzene rings is 1. The molecule has 1 unspecified atom stereocenters. The van der Waals surface area contributed by atoms with Crippen LogP contribution in [0.25, 0.3) is 0 Å². The molecule has 0 N–H and O–H groups in total. The molecule has 6 nitrogen and oxygen atoms in total. The molecule has 0 radical (unpaired) electrons. The van der Waals surface area contributed by atoms with Crippen LogP contribution in [0.3, 0.4) is 0 Å². The van der Waals surface area contributed by atoms with Crippen molar-refractivity contribution < 1.29 is 14.5 Å². The Hall–Kier alpha value is -2.24. The lowest BCUT2D eigenvalue weighted by Gasteiger charge is -1.98. The summed E-state index contributed by atoms with van der Waals surface area (Å²) >= 11 is 0. The Kier molecular flexibility index (Phi) is 2.40. The second-order valence-electron chi connectivity index (χ2n) is 3.34. The van der Waals surface area contributed by atoms with Crippen LogP contribution in [-0.4, -0.2) is 22.8 Å². The van der Waals surface area contributed by atoms with Crippen LogP contribution in [0, 0.1) is 10.1 Å². The SMILES string of the molecule is CC1N=C(c2ccc([N+](=O)[O-])cc2)OC1=O. The van der Waals surface area contributed by atoms with Crippen LogP contribution in [0.1, 0.15) is 12.5 Å². The highest BCUT2D eigenvalue weighted by Crippen LogP contribution is 2.16. The van der Waals surface area contributed by atoms with Crippen LogP contribution >= 0.6 is 0 Å². The second-order valence-corrected chi connectivity index (χ2v) is 3.34. The number of carbonyl (C=O) groups excluding carboxylic acids is 1. The summed E-state index contributed by atoms with van der Waals surface area (Å²) in [7, 11) is 0. The van der Waals surface area contributed by atoms with E-state index in [0.717, 1.165) is 0 Å². The third kappa shape index (κ3) is 1.77. The van der Waals surface area contributed by atoms with E-state index < -0.39 is 16.9 Å². The van der Waals surface area contributed by atoms with Gasteiger partial charge in [0.05, 0.1) is 4.92 Å². The molecule has 1 aromatic carbocycles. The lowest BCUT2D eigenvalue weighted by Crippen LogP contribution is -2.10. The number of non-ortho nitro benzene ring substituents is 1. The number of carbonyl (C=O) groups is 1. The molecule has 0 fully saturated rings. The van der Waals surface area contributed by atoms with Gasteiger partial charge in [-0.15, -0.1) is 0 Å². The van der Waals surface area contributed by atoms with Crippen molar-refractivity contribution in [3.63, 3.8) is 0 Å². The largest absolute Gasteiger partial charge is 0.406 e. The van der Waals surface area contributed by atoms with Crippen LogP contribution in [0.4, 0.5) is 5.69 Å². The molecule has 0 saturated carbocycles. The van der Waals surface area contributed by atoms with Crippen LogP contribution in [-0.2, 0) is 9.53 Å². The Balaban J connectivity index is 2.26. The van der Waals surface area contributed by atoms with Gasteiger partial charge in [0.25, 0.3) is 5.69 Å². The van der Waals surface area contributed by atoms with Crippen LogP contribution < -0.4 is 0 Å². The molecule has 16 heavy (non-hydrogen) atoms. The van der Waals surface area contributed by atoms with E-state index in [9.17, 15) is 14.9 Å². The van der Waals surface area contributed by atoms with Crippen molar-refractivity contribution in [3.8, 4) is 0 Å². The van der Waals surface area contributed by atoms with Crippen molar-refractivity contribution in [1.82, 2.24) is 0 Å². The topological polar surface area (TPSA) is 81.8 Å². The van der Waals surface area contributed by atoms with Gasteiger partial charge in [0.15, 0.2) is 0 Å². The second kappa shape index (κ2) is 3.73. The Morgan fingerprint density at radius 2 is 2.00 bits per heavy atom. The number of ether oxygens (including phenoxy) is 1. The normalized spacial score (nSPS) is 19.2. The molecule has 82 valence electrons. The lowest BCUT2D eigenvalue weighted by atomic mass is 10.2. The fourth-order valence-electron chi connectivity index (χ4n) is 1.29. The average Bonchev–Trinajstić information content (AvgIpc) is 2.59. The van der Waals surface area contributed by atoms with Crippen molar-refractivity contribution >= 4 is 17.6 Å². The lowest BCUT2D eigenvalue weighted by molar-refractivity contribution is -0.384. The molecule has 0 aromatic heterocycles. The third-order valence-corrected chi connectivity index (χ3v) is 2.17. The highest BCUT2D eigenvalue weighted by atomic mass is 16.6. The number of nitrogens with zero attached hydrogens (tertiary/aromatic N) is 2. The van der Waals surface area contributed by atoms with E-state index in [2.05, 4.69) is 4.99 Å². The van der Waals surface area contributed by atoms with Crippen molar-refractivity contribution in [3.05, 3.63) is 39.9 Å². The highest BCUT2D eigenvalue weighted by molar-refractivity contribution is 6.06. The summed E-state index contributed by atoms with van der Waals surface area (Å²) in [5.74, 6) is -0.194. The van der Waals surface area contributed by atoms with E-state index in [1.54, 1.807) is 6.92 Å². The maximum atomic E-state index is 11.1. The van der Waals surface area contributed by atoms with Gasteiger partial charge >= 0.3 is 5.97 Å². The van der Waals surface area contributed by atoms with Crippen LogP contribution in [0.5, 0.6) is 0 Å². The van der Waals surface area contributed by atoms with Gasteiger partial charge in [-0.25, -0.2) is 9.79 Å². The predicted molar refractivity (Wildman–Crippen MR) is 55.2 cm³/mol. The summed E-state index contributed by atoms with van der Waals surface area (Å²) < 4.78 is 4.90. The molecule has 1 heterocycles. The molecule has 1 atom stereocenters. The minimum absolute atomic E-state index is 0.0123. The fourth-order valence-corrected chi connectivity index (χ4v) is 1.29. The van der Waals surface area contributed by atoms with Gasteiger partial charge in [-0.1, -0.05) is 0 Å². The molecule has 0 amide bonds. The van der Waals surface area contributed by atoms with Gasteiger partial charge < -0.3 is 4.74 Å². The average molecular weight is 220 g/mol.